The van der Waals surface area contributed by atoms with Crippen LogP contribution in [-0.4, -0.2) is 12.5 Å². The van der Waals surface area contributed by atoms with Crippen molar-refractivity contribution in [3.05, 3.63) is 58.6 Å². The third-order valence-electron chi connectivity index (χ3n) is 2.98. The van der Waals surface area contributed by atoms with E-state index in [0.717, 1.165) is 5.56 Å². The zero-order chi connectivity index (χ0) is 15.9. The molecule has 22 heavy (non-hydrogen) atoms. The number of carbonyl (C=O) groups excluding carboxylic acids is 1. The van der Waals surface area contributed by atoms with E-state index in [-0.39, 0.29) is 0 Å². The molecule has 0 radical (unpaired) electrons. The number of nitrogen functional groups attached to an aromatic ring is 1. The lowest BCUT2D eigenvalue weighted by Crippen LogP contribution is -2.29. The lowest BCUT2D eigenvalue weighted by Gasteiger charge is -2.13. The number of amides is 1. The van der Waals surface area contributed by atoms with Gasteiger partial charge in [-0.15, -0.1) is 0 Å². The molecule has 5 nitrogen and oxygen atoms in total. The predicted octanol–water partition coefficient (Wildman–Crippen LogP) is 2.92. The summed E-state index contributed by atoms with van der Waals surface area (Å²) in [5.74, 6) is 5.76. The van der Waals surface area contributed by atoms with Gasteiger partial charge in [0.1, 0.15) is 6.61 Å². The standard InChI is InChI=1S/C16H17ClN2O3/c1-2-21-15-9-11(16(20)19-18)7-8-14(15)22-10-12-5-3-4-6-13(12)17/h3-9H,2,10,18H2,1H3,(H,19,20). The molecule has 0 aliphatic heterocycles. The molecular weight excluding hydrogens is 304 g/mol. The van der Waals surface area contributed by atoms with Crippen molar-refractivity contribution in [3.63, 3.8) is 0 Å². The number of carbonyl (C=O) groups is 1. The van der Waals surface area contributed by atoms with Crippen LogP contribution in [0.5, 0.6) is 11.5 Å². The second kappa shape index (κ2) is 7.68. The van der Waals surface area contributed by atoms with E-state index in [1.807, 2.05) is 25.1 Å². The number of hydrogen-bond acceptors (Lipinski definition) is 4. The van der Waals surface area contributed by atoms with Gasteiger partial charge in [-0.1, -0.05) is 29.8 Å². The van der Waals surface area contributed by atoms with Crippen LogP contribution in [0.2, 0.25) is 5.02 Å². The van der Waals surface area contributed by atoms with Crippen LogP contribution in [0.15, 0.2) is 42.5 Å². The average molecular weight is 321 g/mol. The topological polar surface area (TPSA) is 73.6 Å². The third-order valence-corrected chi connectivity index (χ3v) is 3.35. The quantitative estimate of drug-likeness (QED) is 0.487. The maximum absolute atomic E-state index is 11.6. The molecule has 0 bridgehead atoms. The van der Waals surface area contributed by atoms with Crippen LogP contribution in [-0.2, 0) is 6.61 Å². The van der Waals surface area contributed by atoms with E-state index in [1.54, 1.807) is 24.3 Å². The molecule has 0 atom stereocenters. The van der Waals surface area contributed by atoms with Crippen molar-refractivity contribution in [2.45, 2.75) is 13.5 Å². The minimum Gasteiger partial charge on any atom is -0.490 e. The summed E-state index contributed by atoms with van der Waals surface area (Å²) in [6.07, 6.45) is 0. The number of ether oxygens (including phenoxy) is 2. The summed E-state index contributed by atoms with van der Waals surface area (Å²) in [7, 11) is 0. The monoisotopic (exact) mass is 320 g/mol. The molecule has 2 aromatic rings. The van der Waals surface area contributed by atoms with Crippen molar-refractivity contribution in [2.24, 2.45) is 5.84 Å². The molecule has 0 saturated heterocycles. The Morgan fingerprint density at radius 1 is 1.18 bits per heavy atom. The van der Waals surface area contributed by atoms with Gasteiger partial charge < -0.3 is 9.47 Å². The van der Waals surface area contributed by atoms with Gasteiger partial charge in [0, 0.05) is 16.1 Å². The normalized spacial score (nSPS) is 10.1. The van der Waals surface area contributed by atoms with Gasteiger partial charge in [-0.2, -0.15) is 0 Å². The fraction of sp³-hybridized carbons (Fsp3) is 0.188. The summed E-state index contributed by atoms with van der Waals surface area (Å²) in [6.45, 7) is 2.62. The summed E-state index contributed by atoms with van der Waals surface area (Å²) < 4.78 is 11.3. The number of hydrogen-bond donors (Lipinski definition) is 2. The van der Waals surface area contributed by atoms with E-state index in [4.69, 9.17) is 26.9 Å². The summed E-state index contributed by atoms with van der Waals surface area (Å²) in [5.41, 5.74) is 3.35. The van der Waals surface area contributed by atoms with Crippen LogP contribution in [0.1, 0.15) is 22.8 Å². The summed E-state index contributed by atoms with van der Waals surface area (Å²) in [4.78, 5) is 11.6. The molecule has 0 aliphatic carbocycles. The van der Waals surface area contributed by atoms with Gasteiger partial charge in [-0.25, -0.2) is 5.84 Å². The number of halogens is 1. The van der Waals surface area contributed by atoms with Gasteiger partial charge in [-0.05, 0) is 31.2 Å². The largest absolute Gasteiger partial charge is 0.490 e. The predicted molar refractivity (Wildman–Crippen MR) is 85.0 cm³/mol. The van der Waals surface area contributed by atoms with Gasteiger partial charge in [-0.3, -0.25) is 10.2 Å². The van der Waals surface area contributed by atoms with Crippen molar-refractivity contribution in [2.75, 3.05) is 6.61 Å². The highest BCUT2D eigenvalue weighted by Gasteiger charge is 2.11. The number of rotatable bonds is 6. The summed E-state index contributed by atoms with van der Waals surface area (Å²) >= 11 is 6.10. The minimum absolute atomic E-state index is 0.308. The summed E-state index contributed by atoms with van der Waals surface area (Å²) in [5, 5.41) is 0.639. The molecule has 2 rings (SSSR count). The molecule has 116 valence electrons. The van der Waals surface area contributed by atoms with Crippen LogP contribution in [0, 0.1) is 0 Å². The molecule has 2 aromatic carbocycles. The Bertz CT molecular complexity index is 662. The van der Waals surface area contributed by atoms with Crippen molar-refractivity contribution in [3.8, 4) is 11.5 Å². The first-order chi connectivity index (χ1) is 10.7. The molecule has 0 saturated carbocycles. The van der Waals surface area contributed by atoms with Gasteiger partial charge in [0.05, 0.1) is 6.61 Å². The Kier molecular flexibility index (Phi) is 5.63. The Morgan fingerprint density at radius 2 is 1.95 bits per heavy atom. The second-order valence-electron chi connectivity index (χ2n) is 4.45. The zero-order valence-electron chi connectivity index (χ0n) is 12.1. The van der Waals surface area contributed by atoms with Crippen LogP contribution in [0.25, 0.3) is 0 Å². The molecule has 0 aromatic heterocycles. The van der Waals surface area contributed by atoms with Gasteiger partial charge >= 0.3 is 0 Å². The molecule has 6 heteroatoms. The van der Waals surface area contributed by atoms with Crippen LogP contribution in [0.3, 0.4) is 0 Å². The Labute approximate surface area is 134 Å². The highest BCUT2D eigenvalue weighted by atomic mass is 35.5. The van der Waals surface area contributed by atoms with Crippen LogP contribution >= 0.6 is 11.6 Å². The van der Waals surface area contributed by atoms with E-state index in [0.29, 0.717) is 35.3 Å². The van der Waals surface area contributed by atoms with Gasteiger partial charge in [0.15, 0.2) is 11.5 Å². The molecule has 1 amide bonds. The minimum atomic E-state index is -0.390. The first-order valence-corrected chi connectivity index (χ1v) is 7.17. The molecule has 0 unspecified atom stereocenters. The van der Waals surface area contributed by atoms with Gasteiger partial charge in [0.25, 0.3) is 5.91 Å². The van der Waals surface area contributed by atoms with E-state index < -0.39 is 5.91 Å². The van der Waals surface area contributed by atoms with E-state index in [2.05, 4.69) is 5.43 Å². The molecule has 0 fully saturated rings. The highest BCUT2D eigenvalue weighted by molar-refractivity contribution is 6.31. The first-order valence-electron chi connectivity index (χ1n) is 6.79. The van der Waals surface area contributed by atoms with Crippen molar-refractivity contribution >= 4 is 17.5 Å². The summed E-state index contributed by atoms with van der Waals surface area (Å²) in [6, 6.07) is 12.3. The Hall–Kier alpha value is -2.24. The molecule has 0 heterocycles. The highest BCUT2D eigenvalue weighted by Crippen LogP contribution is 2.30. The Balaban J connectivity index is 2.19. The number of nitrogens with two attached hydrogens (primary N) is 1. The fourth-order valence-corrected chi connectivity index (χ4v) is 2.08. The lowest BCUT2D eigenvalue weighted by atomic mass is 10.2. The maximum Gasteiger partial charge on any atom is 0.265 e. The van der Waals surface area contributed by atoms with E-state index in [9.17, 15) is 4.79 Å². The van der Waals surface area contributed by atoms with Crippen LogP contribution < -0.4 is 20.7 Å². The molecular formula is C16H17ClN2O3. The fourth-order valence-electron chi connectivity index (χ4n) is 1.89. The van der Waals surface area contributed by atoms with Crippen molar-refractivity contribution in [1.29, 1.82) is 0 Å². The second-order valence-corrected chi connectivity index (χ2v) is 4.86. The zero-order valence-corrected chi connectivity index (χ0v) is 12.9. The van der Waals surface area contributed by atoms with Gasteiger partial charge in [0.2, 0.25) is 0 Å². The number of hydrazine groups is 1. The van der Waals surface area contributed by atoms with Crippen molar-refractivity contribution < 1.29 is 14.3 Å². The molecule has 3 N–H and O–H groups in total. The number of benzene rings is 2. The van der Waals surface area contributed by atoms with E-state index >= 15 is 0 Å². The first kappa shape index (κ1) is 16.1. The smallest absolute Gasteiger partial charge is 0.265 e. The third kappa shape index (κ3) is 3.90. The maximum atomic E-state index is 11.6. The van der Waals surface area contributed by atoms with E-state index in [1.165, 1.54) is 0 Å². The number of nitrogens with one attached hydrogen (secondary N) is 1. The van der Waals surface area contributed by atoms with Crippen molar-refractivity contribution in [1.82, 2.24) is 5.43 Å². The SMILES string of the molecule is CCOc1cc(C(=O)NN)ccc1OCc1ccccc1Cl. The molecule has 0 spiro atoms. The van der Waals surface area contributed by atoms with Crippen LogP contribution in [0.4, 0.5) is 0 Å². The molecule has 0 aliphatic rings. The average Bonchev–Trinajstić information content (AvgIpc) is 2.54. The Morgan fingerprint density at radius 3 is 2.64 bits per heavy atom. The lowest BCUT2D eigenvalue weighted by molar-refractivity contribution is 0.0953.